The predicted molar refractivity (Wildman–Crippen MR) is 71.9 cm³/mol. The molecule has 1 saturated carbocycles. The summed E-state index contributed by atoms with van der Waals surface area (Å²) in [7, 11) is 0. The predicted octanol–water partition coefficient (Wildman–Crippen LogP) is 2.40. The molecule has 0 amide bonds. The molecular formula is C13H14ClN3O. The van der Waals surface area contributed by atoms with Crippen LogP contribution in [0.15, 0.2) is 23.0 Å². The second kappa shape index (κ2) is 4.07. The Morgan fingerprint density at radius 3 is 2.83 bits per heavy atom. The summed E-state index contributed by atoms with van der Waals surface area (Å²) < 4.78 is 1.72. The van der Waals surface area contributed by atoms with Crippen LogP contribution < -0.4 is 11.3 Å². The van der Waals surface area contributed by atoms with E-state index in [1.54, 1.807) is 22.8 Å². The highest BCUT2D eigenvalue weighted by Gasteiger charge is 2.29. The molecule has 2 aromatic rings. The molecule has 0 spiro atoms. The molecule has 18 heavy (non-hydrogen) atoms. The first-order valence-corrected chi connectivity index (χ1v) is 6.43. The highest BCUT2D eigenvalue weighted by atomic mass is 35.5. The zero-order valence-electron chi connectivity index (χ0n) is 10.1. The standard InChI is InChI=1S/C13H14ClN3O/c1-7(15)12-16-10-4-2-3-9(14)11(10)13(18)17(12)8-5-6-8/h2-4,7-8H,5-6,15H2,1H3. The summed E-state index contributed by atoms with van der Waals surface area (Å²) in [5, 5.41) is 0.950. The molecule has 2 N–H and O–H groups in total. The zero-order valence-corrected chi connectivity index (χ0v) is 10.8. The van der Waals surface area contributed by atoms with Crippen LogP contribution in [0.25, 0.3) is 10.9 Å². The van der Waals surface area contributed by atoms with E-state index >= 15 is 0 Å². The molecule has 1 unspecified atom stereocenters. The van der Waals surface area contributed by atoms with Crippen molar-refractivity contribution in [2.45, 2.75) is 31.8 Å². The van der Waals surface area contributed by atoms with Gasteiger partial charge >= 0.3 is 0 Å². The van der Waals surface area contributed by atoms with Crippen molar-refractivity contribution < 1.29 is 0 Å². The zero-order chi connectivity index (χ0) is 12.9. The Labute approximate surface area is 109 Å². The third kappa shape index (κ3) is 1.72. The van der Waals surface area contributed by atoms with Crippen LogP contribution in [-0.2, 0) is 0 Å². The number of halogens is 1. The second-order valence-electron chi connectivity index (χ2n) is 4.80. The molecule has 5 heteroatoms. The molecule has 1 aliphatic carbocycles. The number of rotatable bonds is 2. The van der Waals surface area contributed by atoms with Gasteiger partial charge in [0, 0.05) is 6.04 Å². The van der Waals surface area contributed by atoms with Crippen LogP contribution in [0.1, 0.15) is 37.7 Å². The summed E-state index contributed by atoms with van der Waals surface area (Å²) in [6.07, 6.45) is 2.02. The molecule has 4 nitrogen and oxygen atoms in total. The lowest BCUT2D eigenvalue weighted by atomic mass is 10.2. The Balaban J connectivity index is 2.42. The van der Waals surface area contributed by atoms with E-state index in [0.717, 1.165) is 12.8 Å². The molecule has 1 aliphatic rings. The first-order valence-electron chi connectivity index (χ1n) is 6.06. The number of fused-ring (bicyclic) bond motifs is 1. The lowest BCUT2D eigenvalue weighted by Gasteiger charge is -2.15. The van der Waals surface area contributed by atoms with Crippen molar-refractivity contribution >= 4 is 22.5 Å². The van der Waals surface area contributed by atoms with Crippen molar-refractivity contribution in [3.63, 3.8) is 0 Å². The monoisotopic (exact) mass is 263 g/mol. The van der Waals surface area contributed by atoms with Crippen molar-refractivity contribution in [3.05, 3.63) is 39.4 Å². The van der Waals surface area contributed by atoms with Gasteiger partial charge in [0.25, 0.3) is 5.56 Å². The quantitative estimate of drug-likeness (QED) is 0.905. The summed E-state index contributed by atoms with van der Waals surface area (Å²) in [6, 6.07) is 5.29. The fourth-order valence-electron chi connectivity index (χ4n) is 2.23. The number of nitrogens with two attached hydrogens (primary N) is 1. The van der Waals surface area contributed by atoms with Crippen molar-refractivity contribution in [1.29, 1.82) is 0 Å². The molecule has 0 radical (unpaired) electrons. The van der Waals surface area contributed by atoms with Gasteiger partial charge in [-0.05, 0) is 31.9 Å². The largest absolute Gasteiger partial charge is 0.322 e. The molecular weight excluding hydrogens is 250 g/mol. The Morgan fingerprint density at radius 1 is 1.50 bits per heavy atom. The van der Waals surface area contributed by atoms with Gasteiger partial charge in [-0.15, -0.1) is 0 Å². The number of hydrogen-bond acceptors (Lipinski definition) is 3. The Kier molecular flexibility index (Phi) is 2.64. The van der Waals surface area contributed by atoms with Crippen LogP contribution in [-0.4, -0.2) is 9.55 Å². The number of nitrogens with zero attached hydrogens (tertiary/aromatic N) is 2. The minimum atomic E-state index is -0.262. The van der Waals surface area contributed by atoms with E-state index in [0.29, 0.717) is 21.7 Å². The van der Waals surface area contributed by atoms with Gasteiger partial charge < -0.3 is 5.73 Å². The van der Waals surface area contributed by atoms with E-state index in [1.165, 1.54) is 0 Å². The smallest absolute Gasteiger partial charge is 0.263 e. The maximum absolute atomic E-state index is 12.5. The first-order chi connectivity index (χ1) is 8.59. The van der Waals surface area contributed by atoms with Gasteiger partial charge in [0.15, 0.2) is 0 Å². The average Bonchev–Trinajstić information content (AvgIpc) is 3.12. The van der Waals surface area contributed by atoms with E-state index in [1.807, 2.05) is 6.92 Å². The third-order valence-corrected chi connectivity index (χ3v) is 3.54. The van der Waals surface area contributed by atoms with Crippen molar-refractivity contribution in [2.75, 3.05) is 0 Å². The lowest BCUT2D eigenvalue weighted by Crippen LogP contribution is -2.28. The van der Waals surface area contributed by atoms with E-state index in [9.17, 15) is 4.79 Å². The van der Waals surface area contributed by atoms with Gasteiger partial charge in [0.1, 0.15) is 5.82 Å². The fourth-order valence-corrected chi connectivity index (χ4v) is 2.48. The second-order valence-corrected chi connectivity index (χ2v) is 5.21. The van der Waals surface area contributed by atoms with Crippen LogP contribution in [0.4, 0.5) is 0 Å². The van der Waals surface area contributed by atoms with E-state index in [-0.39, 0.29) is 17.6 Å². The molecule has 0 saturated heterocycles. The highest BCUT2D eigenvalue weighted by molar-refractivity contribution is 6.35. The molecule has 3 rings (SSSR count). The van der Waals surface area contributed by atoms with Gasteiger partial charge in [0.2, 0.25) is 0 Å². The van der Waals surface area contributed by atoms with E-state index in [4.69, 9.17) is 17.3 Å². The van der Waals surface area contributed by atoms with Crippen LogP contribution in [0, 0.1) is 0 Å². The first kappa shape index (κ1) is 11.7. The van der Waals surface area contributed by atoms with E-state index in [2.05, 4.69) is 4.98 Å². The van der Waals surface area contributed by atoms with Crippen LogP contribution >= 0.6 is 11.6 Å². The Hall–Kier alpha value is -1.39. The molecule has 0 bridgehead atoms. The van der Waals surface area contributed by atoms with Gasteiger partial charge in [0.05, 0.1) is 22.0 Å². The number of hydrogen-bond donors (Lipinski definition) is 1. The maximum Gasteiger partial charge on any atom is 0.263 e. The number of aromatic nitrogens is 2. The Morgan fingerprint density at radius 2 is 2.22 bits per heavy atom. The van der Waals surface area contributed by atoms with Crippen molar-refractivity contribution in [1.82, 2.24) is 9.55 Å². The minimum absolute atomic E-state index is 0.0691. The summed E-state index contributed by atoms with van der Waals surface area (Å²) in [4.78, 5) is 17.1. The molecule has 1 aromatic heterocycles. The average molecular weight is 264 g/mol. The maximum atomic E-state index is 12.5. The number of benzene rings is 1. The highest BCUT2D eigenvalue weighted by Crippen LogP contribution is 2.36. The topological polar surface area (TPSA) is 60.9 Å². The molecule has 0 aliphatic heterocycles. The van der Waals surface area contributed by atoms with Crippen molar-refractivity contribution in [2.24, 2.45) is 5.73 Å². The summed E-state index contributed by atoms with van der Waals surface area (Å²) in [5.74, 6) is 0.650. The molecule has 94 valence electrons. The summed E-state index contributed by atoms with van der Waals surface area (Å²) >= 11 is 6.11. The molecule has 1 heterocycles. The Bertz CT molecular complexity index is 674. The van der Waals surface area contributed by atoms with Gasteiger partial charge in [-0.2, -0.15) is 0 Å². The summed E-state index contributed by atoms with van der Waals surface area (Å²) in [5.41, 5.74) is 6.48. The minimum Gasteiger partial charge on any atom is -0.322 e. The van der Waals surface area contributed by atoms with Crippen molar-refractivity contribution in [3.8, 4) is 0 Å². The third-order valence-electron chi connectivity index (χ3n) is 3.23. The van der Waals surface area contributed by atoms with Crippen LogP contribution in [0.5, 0.6) is 0 Å². The SMILES string of the molecule is CC(N)c1nc2cccc(Cl)c2c(=O)n1C1CC1. The fraction of sp³-hybridized carbons (Fsp3) is 0.385. The van der Waals surface area contributed by atoms with Crippen LogP contribution in [0.2, 0.25) is 5.02 Å². The van der Waals surface area contributed by atoms with Crippen LogP contribution in [0.3, 0.4) is 0 Å². The molecule has 1 fully saturated rings. The molecule has 1 aromatic carbocycles. The lowest BCUT2D eigenvalue weighted by molar-refractivity contribution is 0.594. The van der Waals surface area contributed by atoms with Gasteiger partial charge in [-0.25, -0.2) is 4.98 Å². The van der Waals surface area contributed by atoms with Gasteiger partial charge in [-0.1, -0.05) is 17.7 Å². The summed E-state index contributed by atoms with van der Waals surface area (Å²) in [6.45, 7) is 1.84. The van der Waals surface area contributed by atoms with E-state index < -0.39 is 0 Å². The normalized spacial score (nSPS) is 17.1. The van der Waals surface area contributed by atoms with Gasteiger partial charge in [-0.3, -0.25) is 9.36 Å². The molecule has 1 atom stereocenters.